The van der Waals surface area contributed by atoms with Crippen LogP contribution in [-0.4, -0.2) is 53.8 Å². The van der Waals surface area contributed by atoms with Gasteiger partial charge in [-0.3, -0.25) is 9.59 Å². The summed E-state index contributed by atoms with van der Waals surface area (Å²) in [6.45, 7) is 1.46. The van der Waals surface area contributed by atoms with Crippen LogP contribution < -0.4 is 4.74 Å². The molecule has 0 aromatic heterocycles. The lowest BCUT2D eigenvalue weighted by molar-refractivity contribution is -0.139. The molecule has 3 aromatic rings. The number of carbonyl (C=O) groups excluding carboxylic acids is 2. The normalized spacial score (nSPS) is 17.0. The van der Waals surface area contributed by atoms with Crippen molar-refractivity contribution in [2.45, 2.75) is 19.1 Å². The summed E-state index contributed by atoms with van der Waals surface area (Å²) in [5.41, 5.74) is 1.95. The summed E-state index contributed by atoms with van der Waals surface area (Å²) in [6, 6.07) is 20.6. The third kappa shape index (κ3) is 6.16. The zero-order valence-electron chi connectivity index (χ0n) is 20.7. The maximum Gasteiger partial charge on any atom is 0.295 e. The Bertz CT molecular complexity index is 1310. The number of nitrogens with zero attached hydrogens (tertiary/aromatic N) is 2. The highest BCUT2D eigenvalue weighted by atomic mass is 35.5. The summed E-state index contributed by atoms with van der Waals surface area (Å²) in [5.74, 6) is -1.07. The maximum absolute atomic E-state index is 13.2. The Balaban J connectivity index is 1.67. The van der Waals surface area contributed by atoms with E-state index in [4.69, 9.17) is 27.9 Å². The second kappa shape index (κ2) is 11.8. The van der Waals surface area contributed by atoms with Gasteiger partial charge in [0.15, 0.2) is 0 Å². The van der Waals surface area contributed by atoms with Crippen molar-refractivity contribution in [1.29, 1.82) is 0 Å². The largest absolute Gasteiger partial charge is 0.507 e. The molecule has 1 saturated heterocycles. The van der Waals surface area contributed by atoms with E-state index in [0.717, 1.165) is 12.1 Å². The number of likely N-dealkylation sites (tertiary alicyclic amines) is 1. The Hall–Kier alpha value is -3.32. The molecule has 1 unspecified atom stereocenters. The van der Waals surface area contributed by atoms with E-state index in [-0.39, 0.29) is 11.3 Å². The van der Waals surface area contributed by atoms with E-state index in [9.17, 15) is 14.7 Å². The van der Waals surface area contributed by atoms with E-state index in [1.54, 1.807) is 42.5 Å². The lowest BCUT2D eigenvalue weighted by Crippen LogP contribution is -2.32. The van der Waals surface area contributed by atoms with Gasteiger partial charge < -0.3 is 19.6 Å². The highest BCUT2D eigenvalue weighted by molar-refractivity contribution is 6.47. The van der Waals surface area contributed by atoms with Crippen LogP contribution in [0.15, 0.2) is 78.4 Å². The minimum absolute atomic E-state index is 0.00275. The summed E-state index contributed by atoms with van der Waals surface area (Å²) in [7, 11) is 3.88. The molecule has 1 fully saturated rings. The summed E-state index contributed by atoms with van der Waals surface area (Å²) < 4.78 is 5.83. The van der Waals surface area contributed by atoms with Crippen LogP contribution in [0.2, 0.25) is 10.0 Å². The van der Waals surface area contributed by atoms with E-state index in [1.165, 1.54) is 4.90 Å². The molecule has 1 aliphatic rings. The Morgan fingerprint density at radius 1 is 1.00 bits per heavy atom. The fourth-order valence-corrected chi connectivity index (χ4v) is 4.83. The second-order valence-electron chi connectivity index (χ2n) is 9.11. The first kappa shape index (κ1) is 26.7. The molecule has 0 radical (unpaired) electrons. The minimum atomic E-state index is -0.832. The van der Waals surface area contributed by atoms with Crippen molar-refractivity contribution in [3.05, 3.63) is 105 Å². The van der Waals surface area contributed by atoms with Gasteiger partial charge in [0.1, 0.15) is 18.1 Å². The predicted octanol–water partition coefficient (Wildman–Crippen LogP) is 5.95. The van der Waals surface area contributed by atoms with Gasteiger partial charge in [-0.25, -0.2) is 0 Å². The molecule has 8 heteroatoms. The van der Waals surface area contributed by atoms with Crippen LogP contribution in [0.1, 0.15) is 29.2 Å². The quantitative estimate of drug-likeness (QED) is 0.207. The number of halogens is 2. The van der Waals surface area contributed by atoms with Gasteiger partial charge in [0.2, 0.25) is 0 Å². The van der Waals surface area contributed by atoms with Crippen molar-refractivity contribution in [3.63, 3.8) is 0 Å². The molecule has 0 saturated carbocycles. The zero-order valence-corrected chi connectivity index (χ0v) is 22.2. The number of ether oxygens (including phenoxy) is 1. The standard InChI is InChI=1S/C29H28Cl2N2O4/c1-32(2)15-6-16-33-26(23-14-11-21(30)17-24(23)31)25(28(35)29(33)36)27(34)20-9-12-22(13-10-20)37-18-19-7-4-3-5-8-19/h3-5,7-14,17,26,34H,6,15-16,18H2,1-2H3/b27-25+. The molecule has 1 N–H and O–H groups in total. The average Bonchev–Trinajstić information content (AvgIpc) is 3.12. The first-order chi connectivity index (χ1) is 17.8. The number of hydrogen-bond acceptors (Lipinski definition) is 5. The maximum atomic E-state index is 13.2. The van der Waals surface area contributed by atoms with E-state index in [2.05, 4.69) is 0 Å². The van der Waals surface area contributed by atoms with Crippen LogP contribution in [0.3, 0.4) is 0 Å². The van der Waals surface area contributed by atoms with E-state index < -0.39 is 17.7 Å². The monoisotopic (exact) mass is 538 g/mol. The number of Topliss-reactive ketones (excluding diaryl/α,β-unsaturated/α-hetero) is 1. The Labute approximate surface area is 226 Å². The number of aliphatic hydroxyl groups is 1. The first-order valence-corrected chi connectivity index (χ1v) is 12.7. The second-order valence-corrected chi connectivity index (χ2v) is 9.96. The highest BCUT2D eigenvalue weighted by Gasteiger charge is 2.46. The van der Waals surface area contributed by atoms with Gasteiger partial charge in [0.25, 0.3) is 11.7 Å². The third-order valence-corrected chi connectivity index (χ3v) is 6.74. The molecule has 0 spiro atoms. The van der Waals surface area contributed by atoms with Gasteiger partial charge >= 0.3 is 0 Å². The average molecular weight is 539 g/mol. The fraction of sp³-hybridized carbons (Fsp3) is 0.241. The lowest BCUT2D eigenvalue weighted by atomic mass is 9.95. The van der Waals surface area contributed by atoms with E-state index in [1.807, 2.05) is 49.3 Å². The summed E-state index contributed by atoms with van der Waals surface area (Å²) in [5, 5.41) is 12.0. The van der Waals surface area contributed by atoms with Crippen molar-refractivity contribution < 1.29 is 19.4 Å². The van der Waals surface area contributed by atoms with Crippen molar-refractivity contribution in [2.24, 2.45) is 0 Å². The molecule has 0 aliphatic carbocycles. The molecule has 6 nitrogen and oxygen atoms in total. The Morgan fingerprint density at radius 3 is 2.35 bits per heavy atom. The molecule has 1 aliphatic heterocycles. The van der Waals surface area contributed by atoms with Crippen molar-refractivity contribution in [2.75, 3.05) is 27.2 Å². The number of hydrogen-bond donors (Lipinski definition) is 1. The fourth-order valence-electron chi connectivity index (χ4n) is 4.32. The van der Waals surface area contributed by atoms with Gasteiger partial charge in [-0.15, -0.1) is 0 Å². The molecular weight excluding hydrogens is 511 g/mol. The summed E-state index contributed by atoms with van der Waals surface area (Å²) in [6.07, 6.45) is 0.648. The number of amides is 1. The summed E-state index contributed by atoms with van der Waals surface area (Å²) >= 11 is 12.6. The number of rotatable bonds is 9. The molecular formula is C29H28Cl2N2O4. The molecule has 192 valence electrons. The summed E-state index contributed by atoms with van der Waals surface area (Å²) in [4.78, 5) is 29.8. The number of aliphatic hydroxyl groups excluding tert-OH is 1. The molecule has 1 amide bonds. The zero-order chi connectivity index (χ0) is 26.5. The van der Waals surface area contributed by atoms with Crippen LogP contribution >= 0.6 is 23.2 Å². The van der Waals surface area contributed by atoms with Crippen LogP contribution in [0.4, 0.5) is 0 Å². The Morgan fingerprint density at radius 2 is 1.70 bits per heavy atom. The van der Waals surface area contributed by atoms with Crippen LogP contribution in [0.25, 0.3) is 5.76 Å². The van der Waals surface area contributed by atoms with Gasteiger partial charge in [-0.2, -0.15) is 0 Å². The van der Waals surface area contributed by atoms with Gasteiger partial charge in [0, 0.05) is 22.2 Å². The van der Waals surface area contributed by atoms with Gasteiger partial charge in [-0.1, -0.05) is 59.6 Å². The molecule has 1 atom stereocenters. The molecule has 3 aromatic carbocycles. The van der Waals surface area contributed by atoms with E-state index >= 15 is 0 Å². The smallest absolute Gasteiger partial charge is 0.295 e. The van der Waals surface area contributed by atoms with Crippen LogP contribution in [-0.2, 0) is 16.2 Å². The molecule has 0 bridgehead atoms. The molecule has 37 heavy (non-hydrogen) atoms. The van der Waals surface area contributed by atoms with E-state index in [0.29, 0.717) is 46.5 Å². The van der Waals surface area contributed by atoms with Gasteiger partial charge in [-0.05, 0) is 74.6 Å². The number of ketones is 1. The highest BCUT2D eigenvalue weighted by Crippen LogP contribution is 2.42. The topological polar surface area (TPSA) is 70.1 Å². The van der Waals surface area contributed by atoms with Crippen LogP contribution in [0, 0.1) is 0 Å². The van der Waals surface area contributed by atoms with Crippen molar-refractivity contribution >= 4 is 40.7 Å². The van der Waals surface area contributed by atoms with Gasteiger partial charge in [0.05, 0.1) is 11.6 Å². The van der Waals surface area contributed by atoms with Crippen LogP contribution in [0.5, 0.6) is 5.75 Å². The van der Waals surface area contributed by atoms with Crippen molar-refractivity contribution in [1.82, 2.24) is 9.80 Å². The predicted molar refractivity (Wildman–Crippen MR) is 146 cm³/mol. The minimum Gasteiger partial charge on any atom is -0.507 e. The first-order valence-electron chi connectivity index (χ1n) is 11.9. The lowest BCUT2D eigenvalue weighted by Gasteiger charge is -2.26. The van der Waals surface area contributed by atoms with Crippen molar-refractivity contribution in [3.8, 4) is 5.75 Å². The number of benzene rings is 3. The Kier molecular flexibility index (Phi) is 8.54. The molecule has 1 heterocycles. The number of carbonyl (C=O) groups is 2. The molecule has 4 rings (SSSR count). The SMILES string of the molecule is CN(C)CCCN1C(=O)C(=O)/C(=C(/O)c2ccc(OCc3ccccc3)cc2)C1c1ccc(Cl)cc1Cl. The third-order valence-electron chi connectivity index (χ3n) is 6.18.